The highest BCUT2D eigenvalue weighted by Gasteiger charge is 2.32. The van der Waals surface area contributed by atoms with Crippen molar-refractivity contribution in [2.45, 2.75) is 39.3 Å². The summed E-state index contributed by atoms with van der Waals surface area (Å²) in [6.07, 6.45) is 3.00. The zero-order chi connectivity index (χ0) is 26.4. The fourth-order valence-electron chi connectivity index (χ4n) is 5.19. The predicted octanol–water partition coefficient (Wildman–Crippen LogP) is 3.15. The predicted molar refractivity (Wildman–Crippen MR) is 144 cm³/mol. The second-order valence-corrected chi connectivity index (χ2v) is 9.69. The molecule has 2 atom stereocenters. The molecule has 1 fully saturated rings. The van der Waals surface area contributed by atoms with Crippen LogP contribution in [-0.2, 0) is 9.53 Å². The Kier molecular flexibility index (Phi) is 6.03. The summed E-state index contributed by atoms with van der Waals surface area (Å²) in [6.45, 7) is 8.27. The molecule has 5 heterocycles. The van der Waals surface area contributed by atoms with Crippen molar-refractivity contribution < 1.29 is 9.53 Å². The molecule has 0 spiro atoms. The van der Waals surface area contributed by atoms with Crippen molar-refractivity contribution in [2.75, 3.05) is 41.9 Å². The van der Waals surface area contributed by atoms with Gasteiger partial charge >= 0.3 is 0 Å². The quantitative estimate of drug-likeness (QED) is 0.412. The van der Waals surface area contributed by atoms with E-state index in [1.54, 1.807) is 4.68 Å². The number of ether oxygens (including phenoxy) is 1. The van der Waals surface area contributed by atoms with Crippen LogP contribution in [0.5, 0.6) is 0 Å². The van der Waals surface area contributed by atoms with E-state index in [2.05, 4.69) is 53.9 Å². The zero-order valence-electron chi connectivity index (χ0n) is 21.8. The summed E-state index contributed by atoms with van der Waals surface area (Å²) in [5.41, 5.74) is 4.73. The zero-order valence-corrected chi connectivity index (χ0v) is 21.8. The average Bonchev–Trinajstić information content (AvgIpc) is 3.60. The number of aromatic nitrogens is 7. The van der Waals surface area contributed by atoms with E-state index in [0.717, 1.165) is 53.2 Å². The van der Waals surface area contributed by atoms with Crippen LogP contribution in [0.4, 0.5) is 17.5 Å². The molecule has 12 nitrogen and oxygen atoms in total. The molecule has 1 aromatic carbocycles. The van der Waals surface area contributed by atoms with E-state index in [1.165, 1.54) is 0 Å². The number of allylic oxidation sites excluding steroid dienone is 1. The number of amides is 1. The molecule has 12 heteroatoms. The van der Waals surface area contributed by atoms with E-state index in [1.807, 2.05) is 56.3 Å². The normalized spacial score (nSPS) is 19.7. The van der Waals surface area contributed by atoms with Crippen LogP contribution in [-0.4, -0.2) is 74.1 Å². The van der Waals surface area contributed by atoms with Crippen molar-refractivity contribution >= 4 is 34.3 Å². The number of aromatic amines is 1. The SMILES string of the molecule is CC[C@H]1CN(c2cc(-c3n[nH]c4ccc(NC(=O)C5=C(C)N(C)c6nnnn6C5C)cc34)ccn2)CCO1. The van der Waals surface area contributed by atoms with Gasteiger partial charge in [-0.05, 0) is 61.0 Å². The summed E-state index contributed by atoms with van der Waals surface area (Å²) in [6, 6.07) is 9.47. The molecule has 0 saturated carbocycles. The maximum atomic E-state index is 13.4. The van der Waals surface area contributed by atoms with Crippen LogP contribution in [0.3, 0.4) is 0 Å². The summed E-state index contributed by atoms with van der Waals surface area (Å²) >= 11 is 0. The number of nitrogens with zero attached hydrogens (tertiary/aromatic N) is 8. The van der Waals surface area contributed by atoms with Crippen LogP contribution in [0.25, 0.3) is 22.2 Å². The average molecular weight is 515 g/mol. The number of anilines is 3. The van der Waals surface area contributed by atoms with Crippen molar-refractivity contribution in [3.05, 3.63) is 47.8 Å². The van der Waals surface area contributed by atoms with E-state index >= 15 is 0 Å². The number of carbonyl (C=O) groups excluding carboxylic acids is 1. The molecule has 1 saturated heterocycles. The highest BCUT2D eigenvalue weighted by Crippen LogP contribution is 2.34. The first kappa shape index (κ1) is 24.0. The fraction of sp³-hybridized carbons (Fsp3) is 0.385. The minimum absolute atomic E-state index is 0.198. The van der Waals surface area contributed by atoms with Gasteiger partial charge in [-0.25, -0.2) is 9.67 Å². The number of pyridine rings is 1. The standard InChI is InChI=1S/C26H30N10O2/c1-5-19-14-35(10-11-38-19)22-12-17(8-9-27-22)24-20-13-18(6-7-21(20)29-30-24)28-25(37)23-15(2)34(4)26-31-32-33-36(26)16(23)3/h6-9,12-13,16,19H,5,10-11,14H2,1-4H3,(H,28,37)(H,29,30)/t16?,19-/m0/s1. The number of benzene rings is 1. The monoisotopic (exact) mass is 514 g/mol. The first-order chi connectivity index (χ1) is 18.4. The summed E-state index contributed by atoms with van der Waals surface area (Å²) in [5, 5.41) is 23.6. The Bertz CT molecular complexity index is 1540. The van der Waals surface area contributed by atoms with Crippen LogP contribution in [0.15, 0.2) is 47.8 Å². The maximum absolute atomic E-state index is 13.4. The van der Waals surface area contributed by atoms with Crippen molar-refractivity contribution in [3.63, 3.8) is 0 Å². The third-order valence-electron chi connectivity index (χ3n) is 7.46. The molecule has 1 amide bonds. The molecule has 38 heavy (non-hydrogen) atoms. The lowest BCUT2D eigenvalue weighted by Gasteiger charge is -2.33. The highest BCUT2D eigenvalue weighted by atomic mass is 16.5. The van der Waals surface area contributed by atoms with Gasteiger partial charge in [0, 0.05) is 48.7 Å². The molecule has 6 rings (SSSR count). The van der Waals surface area contributed by atoms with Gasteiger partial charge < -0.3 is 19.9 Å². The number of hydrogen-bond donors (Lipinski definition) is 2. The Hall–Kier alpha value is -4.32. The van der Waals surface area contributed by atoms with E-state index in [-0.39, 0.29) is 18.1 Å². The summed E-state index contributed by atoms with van der Waals surface area (Å²) in [5.74, 6) is 1.32. The molecule has 0 radical (unpaired) electrons. The molecular weight excluding hydrogens is 484 g/mol. The van der Waals surface area contributed by atoms with Crippen LogP contribution >= 0.6 is 0 Å². The molecule has 196 valence electrons. The number of morpholine rings is 1. The third-order valence-corrected chi connectivity index (χ3v) is 7.46. The fourth-order valence-corrected chi connectivity index (χ4v) is 5.19. The van der Waals surface area contributed by atoms with Gasteiger partial charge in [0.1, 0.15) is 11.5 Å². The summed E-state index contributed by atoms with van der Waals surface area (Å²) in [7, 11) is 1.85. The summed E-state index contributed by atoms with van der Waals surface area (Å²) in [4.78, 5) is 22.1. The second-order valence-electron chi connectivity index (χ2n) is 9.69. The van der Waals surface area contributed by atoms with Gasteiger partial charge in [-0.15, -0.1) is 0 Å². The lowest BCUT2D eigenvalue weighted by atomic mass is 10.0. The number of nitrogens with one attached hydrogen (secondary N) is 2. The van der Waals surface area contributed by atoms with E-state index in [0.29, 0.717) is 23.8 Å². The van der Waals surface area contributed by atoms with Gasteiger partial charge in [-0.1, -0.05) is 12.0 Å². The number of H-pyrrole nitrogens is 1. The molecule has 2 aliphatic rings. The number of hydrogen-bond acceptors (Lipinski definition) is 9. The molecule has 0 bridgehead atoms. The van der Waals surface area contributed by atoms with Gasteiger partial charge in [0.2, 0.25) is 5.95 Å². The van der Waals surface area contributed by atoms with Crippen LogP contribution in [0, 0.1) is 0 Å². The van der Waals surface area contributed by atoms with E-state index < -0.39 is 0 Å². The Balaban J connectivity index is 1.28. The van der Waals surface area contributed by atoms with Gasteiger partial charge in [-0.3, -0.25) is 9.89 Å². The lowest BCUT2D eigenvalue weighted by Crippen LogP contribution is -2.42. The first-order valence-electron chi connectivity index (χ1n) is 12.8. The molecule has 1 unspecified atom stereocenters. The van der Waals surface area contributed by atoms with Gasteiger partial charge in [0.15, 0.2) is 0 Å². The Morgan fingerprint density at radius 3 is 2.97 bits per heavy atom. The minimum atomic E-state index is -0.299. The molecule has 2 N–H and O–H groups in total. The number of fused-ring (bicyclic) bond motifs is 2. The molecule has 3 aromatic heterocycles. The largest absolute Gasteiger partial charge is 0.375 e. The lowest BCUT2D eigenvalue weighted by molar-refractivity contribution is -0.113. The van der Waals surface area contributed by atoms with Gasteiger partial charge in [0.05, 0.1) is 29.8 Å². The van der Waals surface area contributed by atoms with Crippen LogP contribution in [0.2, 0.25) is 0 Å². The van der Waals surface area contributed by atoms with Crippen molar-refractivity contribution in [2.24, 2.45) is 0 Å². The van der Waals surface area contributed by atoms with Crippen molar-refractivity contribution in [3.8, 4) is 11.3 Å². The van der Waals surface area contributed by atoms with E-state index in [9.17, 15) is 4.79 Å². The highest BCUT2D eigenvalue weighted by molar-refractivity contribution is 6.07. The van der Waals surface area contributed by atoms with Crippen LogP contribution in [0.1, 0.15) is 33.2 Å². The second kappa shape index (κ2) is 9.53. The minimum Gasteiger partial charge on any atom is -0.375 e. The first-order valence-corrected chi connectivity index (χ1v) is 12.8. The van der Waals surface area contributed by atoms with Gasteiger partial charge in [-0.2, -0.15) is 5.10 Å². The Labute approximate surface area is 219 Å². The third kappa shape index (κ3) is 4.06. The number of tetrazole rings is 1. The van der Waals surface area contributed by atoms with Crippen molar-refractivity contribution in [1.82, 2.24) is 35.4 Å². The topological polar surface area (TPSA) is 130 Å². The maximum Gasteiger partial charge on any atom is 0.255 e. The summed E-state index contributed by atoms with van der Waals surface area (Å²) < 4.78 is 7.47. The molecule has 0 aliphatic carbocycles. The Morgan fingerprint density at radius 2 is 2.13 bits per heavy atom. The van der Waals surface area contributed by atoms with E-state index in [4.69, 9.17) is 4.74 Å². The smallest absolute Gasteiger partial charge is 0.255 e. The number of carbonyl (C=O) groups is 1. The van der Waals surface area contributed by atoms with Gasteiger partial charge in [0.25, 0.3) is 5.91 Å². The number of rotatable bonds is 5. The van der Waals surface area contributed by atoms with Crippen LogP contribution < -0.4 is 15.1 Å². The van der Waals surface area contributed by atoms with Crippen molar-refractivity contribution in [1.29, 1.82) is 0 Å². The molecule has 2 aliphatic heterocycles. The molecule has 4 aromatic rings. The Morgan fingerprint density at radius 1 is 1.26 bits per heavy atom. The molecular formula is C26H30N10O2.